The van der Waals surface area contributed by atoms with Crippen molar-refractivity contribution >= 4 is 23.9 Å². The fourth-order valence-corrected chi connectivity index (χ4v) is 5.40. The second-order valence-corrected chi connectivity index (χ2v) is 12.4. The van der Waals surface area contributed by atoms with Crippen molar-refractivity contribution in [1.29, 1.82) is 0 Å². The van der Waals surface area contributed by atoms with Gasteiger partial charge in [0.2, 0.25) is 5.91 Å². The highest BCUT2D eigenvalue weighted by molar-refractivity contribution is 5.90. The van der Waals surface area contributed by atoms with Crippen LogP contribution in [0.1, 0.15) is 50.3 Å². The van der Waals surface area contributed by atoms with Gasteiger partial charge in [0.15, 0.2) is 6.10 Å². The largest absolute Gasteiger partial charge is 0.458 e. The zero-order chi connectivity index (χ0) is 33.1. The molecule has 0 bridgehead atoms. The quantitative estimate of drug-likeness (QED) is 0.259. The number of benzene rings is 3. The predicted octanol–water partition coefficient (Wildman–Crippen LogP) is 3.95. The van der Waals surface area contributed by atoms with Gasteiger partial charge in [0.1, 0.15) is 24.3 Å². The Morgan fingerprint density at radius 2 is 1.33 bits per heavy atom. The van der Waals surface area contributed by atoms with Crippen LogP contribution in [-0.2, 0) is 43.3 Å². The minimum atomic E-state index is -1.62. The molecule has 244 valence electrons. The average Bonchev–Trinajstić information content (AvgIpc) is 3.53. The summed E-state index contributed by atoms with van der Waals surface area (Å²) in [5.41, 5.74) is 1.64. The number of carbonyl (C=O) groups excluding carboxylic acids is 4. The van der Waals surface area contributed by atoms with Crippen LogP contribution in [-0.4, -0.2) is 70.3 Å². The third kappa shape index (κ3) is 10.2. The molecule has 3 amide bonds. The molecular formula is C36H43N3O7. The fraction of sp³-hybridized carbons (Fsp3) is 0.389. The maximum absolute atomic E-state index is 14.0. The molecule has 46 heavy (non-hydrogen) atoms. The molecule has 1 heterocycles. The summed E-state index contributed by atoms with van der Waals surface area (Å²) in [6.45, 7) is 5.53. The van der Waals surface area contributed by atoms with Gasteiger partial charge in [0, 0.05) is 19.4 Å². The molecule has 1 aliphatic heterocycles. The van der Waals surface area contributed by atoms with Gasteiger partial charge in [-0.05, 0) is 50.3 Å². The molecule has 1 saturated heterocycles. The number of likely N-dealkylation sites (tertiary alicyclic amines) is 1. The third-order valence-corrected chi connectivity index (χ3v) is 7.59. The number of aliphatic hydroxyl groups is 1. The molecule has 10 nitrogen and oxygen atoms in total. The smallest absolute Gasteiger partial charge is 0.408 e. The van der Waals surface area contributed by atoms with Crippen LogP contribution < -0.4 is 10.6 Å². The van der Waals surface area contributed by atoms with E-state index in [1.54, 1.807) is 20.8 Å². The van der Waals surface area contributed by atoms with Crippen LogP contribution >= 0.6 is 0 Å². The first-order chi connectivity index (χ1) is 22.0. The van der Waals surface area contributed by atoms with Crippen LogP contribution in [0.5, 0.6) is 0 Å². The Kier molecular flexibility index (Phi) is 11.9. The fourth-order valence-electron chi connectivity index (χ4n) is 5.40. The number of aliphatic hydroxyl groups excluding tert-OH is 1. The summed E-state index contributed by atoms with van der Waals surface area (Å²) in [5, 5.41) is 16.6. The topological polar surface area (TPSA) is 134 Å². The molecule has 1 aliphatic rings. The van der Waals surface area contributed by atoms with Crippen LogP contribution in [0.4, 0.5) is 4.79 Å². The van der Waals surface area contributed by atoms with Gasteiger partial charge < -0.3 is 30.1 Å². The van der Waals surface area contributed by atoms with Crippen LogP contribution in [0.3, 0.4) is 0 Å². The minimum Gasteiger partial charge on any atom is -0.458 e. The first kappa shape index (κ1) is 34.2. The van der Waals surface area contributed by atoms with Gasteiger partial charge in [-0.2, -0.15) is 0 Å². The maximum atomic E-state index is 14.0. The zero-order valence-electron chi connectivity index (χ0n) is 26.6. The van der Waals surface area contributed by atoms with Crippen molar-refractivity contribution in [3.8, 4) is 0 Å². The Hall–Kier alpha value is -4.70. The molecule has 0 aromatic heterocycles. The molecule has 0 aliphatic carbocycles. The second-order valence-electron chi connectivity index (χ2n) is 12.4. The van der Waals surface area contributed by atoms with Gasteiger partial charge in [-0.3, -0.25) is 9.59 Å². The number of ether oxygens (including phenoxy) is 2. The molecule has 4 rings (SSSR count). The lowest BCUT2D eigenvalue weighted by molar-refractivity contribution is -0.159. The molecule has 1 fully saturated rings. The number of rotatable bonds is 12. The Morgan fingerprint density at radius 1 is 0.804 bits per heavy atom. The van der Waals surface area contributed by atoms with E-state index in [0.717, 1.165) is 16.7 Å². The normalized spacial score (nSPS) is 16.5. The highest BCUT2D eigenvalue weighted by atomic mass is 16.6. The van der Waals surface area contributed by atoms with Crippen LogP contribution in [0.25, 0.3) is 0 Å². The van der Waals surface area contributed by atoms with E-state index in [9.17, 15) is 24.3 Å². The van der Waals surface area contributed by atoms with E-state index in [-0.39, 0.29) is 19.4 Å². The maximum Gasteiger partial charge on any atom is 0.408 e. The summed E-state index contributed by atoms with van der Waals surface area (Å²) in [4.78, 5) is 54.8. The summed E-state index contributed by atoms with van der Waals surface area (Å²) >= 11 is 0. The number of hydrogen-bond acceptors (Lipinski definition) is 7. The van der Waals surface area contributed by atoms with Crippen molar-refractivity contribution in [3.63, 3.8) is 0 Å². The van der Waals surface area contributed by atoms with Gasteiger partial charge in [-0.25, -0.2) is 9.59 Å². The SMILES string of the molecule is CC(C)(C)OC(=O)[C@@H](Cc1ccccc1)NC(=O)C(O)[C@@H]1CCCN1C(=O)[C@H](Cc1ccccc1)NC(=O)OCc1ccccc1. The Morgan fingerprint density at radius 3 is 1.87 bits per heavy atom. The van der Waals surface area contributed by atoms with Crippen LogP contribution in [0, 0.1) is 0 Å². The first-order valence-corrected chi connectivity index (χ1v) is 15.6. The number of alkyl carbamates (subject to hydrolysis) is 1. The summed E-state index contributed by atoms with van der Waals surface area (Å²) in [6.07, 6.45) is -1.11. The van der Waals surface area contributed by atoms with Gasteiger partial charge in [0.25, 0.3) is 5.91 Å². The van der Waals surface area contributed by atoms with Crippen molar-refractivity contribution in [2.45, 2.75) is 82.9 Å². The second kappa shape index (κ2) is 16.0. The van der Waals surface area contributed by atoms with Crippen molar-refractivity contribution < 1.29 is 33.8 Å². The number of esters is 1. The summed E-state index contributed by atoms with van der Waals surface area (Å²) in [5.74, 6) is -1.86. The third-order valence-electron chi connectivity index (χ3n) is 7.59. The number of amides is 3. The molecular weight excluding hydrogens is 586 g/mol. The van der Waals surface area contributed by atoms with E-state index >= 15 is 0 Å². The van der Waals surface area contributed by atoms with E-state index in [1.807, 2.05) is 91.0 Å². The molecule has 10 heteroatoms. The highest BCUT2D eigenvalue weighted by Gasteiger charge is 2.41. The molecule has 0 spiro atoms. The number of carbonyl (C=O) groups is 4. The molecule has 4 atom stereocenters. The standard InChI is InChI=1S/C36H43N3O7/c1-36(2,3)46-34(43)29(23-26-16-9-5-10-17-26)37-32(41)31(40)30-20-13-21-39(30)33(42)28(22-25-14-7-4-8-15-25)38-35(44)45-24-27-18-11-6-12-19-27/h4-12,14-19,28-31,40H,13,20-24H2,1-3H3,(H,37,41)(H,38,44)/t28-,29+,30-,31?/m0/s1. The number of hydrogen-bond donors (Lipinski definition) is 3. The predicted molar refractivity (Wildman–Crippen MR) is 172 cm³/mol. The molecule has 3 N–H and O–H groups in total. The molecule has 1 unspecified atom stereocenters. The Bertz CT molecular complexity index is 1440. The van der Waals surface area contributed by atoms with E-state index in [1.165, 1.54) is 4.90 Å². The van der Waals surface area contributed by atoms with Crippen LogP contribution in [0.15, 0.2) is 91.0 Å². The summed E-state index contributed by atoms with van der Waals surface area (Å²) in [7, 11) is 0. The number of nitrogens with zero attached hydrogens (tertiary/aromatic N) is 1. The highest BCUT2D eigenvalue weighted by Crippen LogP contribution is 2.23. The van der Waals surface area contributed by atoms with Gasteiger partial charge >= 0.3 is 12.1 Å². The monoisotopic (exact) mass is 629 g/mol. The van der Waals surface area contributed by atoms with Crippen molar-refractivity contribution in [2.75, 3.05) is 6.54 Å². The van der Waals surface area contributed by atoms with Crippen molar-refractivity contribution in [3.05, 3.63) is 108 Å². The average molecular weight is 630 g/mol. The van der Waals surface area contributed by atoms with Crippen molar-refractivity contribution in [2.24, 2.45) is 0 Å². The minimum absolute atomic E-state index is 0.0337. The van der Waals surface area contributed by atoms with E-state index in [4.69, 9.17) is 9.47 Å². The summed E-state index contributed by atoms with van der Waals surface area (Å²) in [6, 6.07) is 24.7. The van der Waals surface area contributed by atoms with E-state index < -0.39 is 53.7 Å². The molecule has 0 saturated carbocycles. The summed E-state index contributed by atoms with van der Waals surface area (Å²) < 4.78 is 11.0. The number of nitrogens with one attached hydrogen (secondary N) is 2. The van der Waals surface area contributed by atoms with E-state index in [2.05, 4.69) is 10.6 Å². The van der Waals surface area contributed by atoms with Gasteiger partial charge in [-0.15, -0.1) is 0 Å². The van der Waals surface area contributed by atoms with Crippen molar-refractivity contribution in [1.82, 2.24) is 15.5 Å². The Labute approximate surface area is 270 Å². The molecule has 0 radical (unpaired) electrons. The van der Waals surface area contributed by atoms with Gasteiger partial charge in [-0.1, -0.05) is 91.0 Å². The lowest BCUT2D eigenvalue weighted by Gasteiger charge is -2.32. The molecule has 3 aromatic carbocycles. The Balaban J connectivity index is 1.47. The zero-order valence-corrected chi connectivity index (χ0v) is 26.6. The van der Waals surface area contributed by atoms with Gasteiger partial charge in [0.05, 0.1) is 6.04 Å². The molecule has 3 aromatic rings. The van der Waals surface area contributed by atoms with Crippen LogP contribution in [0.2, 0.25) is 0 Å². The van der Waals surface area contributed by atoms with E-state index in [0.29, 0.717) is 19.4 Å². The lowest BCUT2D eigenvalue weighted by atomic mass is 10.0. The first-order valence-electron chi connectivity index (χ1n) is 15.6. The lowest BCUT2D eigenvalue weighted by Crippen LogP contribution is -2.57.